The van der Waals surface area contributed by atoms with E-state index in [9.17, 15) is 8.42 Å². The Kier molecular flexibility index (Phi) is 1.78. The van der Waals surface area contributed by atoms with E-state index in [4.69, 9.17) is 0 Å². The Hall–Kier alpha value is -0.220. The summed E-state index contributed by atoms with van der Waals surface area (Å²) in [6, 6.07) is 0. The summed E-state index contributed by atoms with van der Waals surface area (Å²) < 4.78 is 23.9. The van der Waals surface area contributed by atoms with Crippen molar-refractivity contribution in [1.29, 1.82) is 0 Å². The van der Waals surface area contributed by atoms with Crippen LogP contribution in [0.1, 0.15) is 27.7 Å². The predicted molar refractivity (Wildman–Crippen MR) is 67.9 cm³/mol. The molecule has 0 saturated carbocycles. The third-order valence-corrected chi connectivity index (χ3v) is 9.61. The Morgan fingerprint density at radius 3 is 2.38 bits per heavy atom. The number of hydrogen-bond acceptors (Lipinski definition) is 2. The van der Waals surface area contributed by atoms with Crippen molar-refractivity contribution in [2.24, 2.45) is 5.92 Å². The van der Waals surface area contributed by atoms with E-state index in [1.165, 1.54) is 0 Å². The molecule has 16 heavy (non-hydrogen) atoms. The fourth-order valence-corrected chi connectivity index (χ4v) is 8.35. The predicted octanol–water partition coefficient (Wildman–Crippen LogP) is 1.88. The van der Waals surface area contributed by atoms with Crippen molar-refractivity contribution in [3.05, 3.63) is 23.1 Å². The minimum absolute atomic E-state index is 0.150. The monoisotopic (exact) mass is 256 g/mol. The van der Waals surface area contributed by atoms with Crippen LogP contribution in [0, 0.1) is 5.92 Å². The van der Waals surface area contributed by atoms with Gasteiger partial charge in [-0.25, -0.2) is 0 Å². The average molecular weight is 256 g/mol. The van der Waals surface area contributed by atoms with Gasteiger partial charge in [-0.2, -0.15) is 0 Å². The molecule has 0 aromatic carbocycles. The Labute approximate surface area is 101 Å². The van der Waals surface area contributed by atoms with Crippen molar-refractivity contribution < 1.29 is 8.42 Å². The van der Waals surface area contributed by atoms with Gasteiger partial charge in [-0.15, -0.1) is 0 Å². The molecule has 1 saturated heterocycles. The van der Waals surface area contributed by atoms with E-state index in [1.807, 2.05) is 33.8 Å². The highest BCUT2D eigenvalue weighted by Gasteiger charge is 2.74. The summed E-state index contributed by atoms with van der Waals surface area (Å²) in [6.45, 7) is 7.99. The first kappa shape index (κ1) is 10.9. The number of rotatable bonds is 0. The van der Waals surface area contributed by atoms with Crippen molar-refractivity contribution in [2.75, 3.05) is 0 Å². The molecule has 3 rings (SSSR count). The summed E-state index contributed by atoms with van der Waals surface area (Å²) in [4.78, 5) is 0.949. The van der Waals surface area contributed by atoms with E-state index in [-0.39, 0.29) is 15.4 Å². The van der Waals surface area contributed by atoms with Crippen LogP contribution in [0.25, 0.3) is 0 Å². The van der Waals surface area contributed by atoms with Crippen molar-refractivity contribution in [3.63, 3.8) is 0 Å². The topological polar surface area (TPSA) is 34.1 Å². The third-order valence-electron chi connectivity index (χ3n) is 4.79. The van der Waals surface area contributed by atoms with Crippen molar-refractivity contribution in [1.82, 2.24) is 0 Å². The molecule has 0 aliphatic carbocycles. The van der Waals surface area contributed by atoms with Gasteiger partial charge in [0.25, 0.3) is 0 Å². The number of fused-ring (bicyclic) bond motifs is 5. The Balaban J connectivity index is 2.33. The lowest BCUT2D eigenvalue weighted by Crippen LogP contribution is -2.51. The van der Waals surface area contributed by atoms with Crippen LogP contribution in [0.5, 0.6) is 0 Å². The molecule has 0 aromatic rings. The summed E-state index contributed by atoms with van der Waals surface area (Å²) in [5.41, 5.74) is 0. The first-order chi connectivity index (χ1) is 7.28. The normalized spacial score (nSPS) is 62.5. The van der Waals surface area contributed by atoms with E-state index < -0.39 is 26.3 Å². The standard InChI is InChI=1S/C12H16O2S2/c1-8-7-9-10(2)5-6-11(3,16(10)14)12(9,4)15(8)13/h5-7,9H,1-4H3. The summed E-state index contributed by atoms with van der Waals surface area (Å²) >= 11 is 0. The Morgan fingerprint density at radius 1 is 1.19 bits per heavy atom. The van der Waals surface area contributed by atoms with Crippen molar-refractivity contribution >= 4 is 21.6 Å². The van der Waals surface area contributed by atoms with Crippen LogP contribution in [0.3, 0.4) is 0 Å². The van der Waals surface area contributed by atoms with Crippen LogP contribution in [-0.2, 0) is 21.6 Å². The summed E-state index contributed by atoms with van der Waals surface area (Å²) in [6.07, 6.45) is 6.19. The highest BCUT2D eigenvalue weighted by Crippen LogP contribution is 2.64. The molecule has 0 amide bonds. The first-order valence-corrected chi connectivity index (χ1v) is 7.81. The van der Waals surface area contributed by atoms with Gasteiger partial charge in [0.15, 0.2) is 0 Å². The molecular weight excluding hydrogens is 240 g/mol. The quantitative estimate of drug-likeness (QED) is 0.620. The average Bonchev–Trinajstić information content (AvgIpc) is 2.66. The van der Waals surface area contributed by atoms with Gasteiger partial charge in [-0.05, 0) is 27.7 Å². The van der Waals surface area contributed by atoms with Crippen LogP contribution in [0.4, 0.5) is 0 Å². The van der Waals surface area contributed by atoms with Gasteiger partial charge < -0.3 is 0 Å². The second-order valence-electron chi connectivity index (χ2n) is 5.52. The lowest BCUT2D eigenvalue weighted by Gasteiger charge is -2.38. The summed E-state index contributed by atoms with van der Waals surface area (Å²) in [7, 11) is -1.97. The van der Waals surface area contributed by atoms with Crippen molar-refractivity contribution in [3.8, 4) is 0 Å². The highest BCUT2D eigenvalue weighted by molar-refractivity contribution is 7.95. The zero-order chi connectivity index (χ0) is 11.9. The molecule has 0 aromatic heterocycles. The summed E-state index contributed by atoms with van der Waals surface area (Å²) in [5.74, 6) is 0.150. The van der Waals surface area contributed by atoms with E-state index >= 15 is 0 Å². The lowest BCUT2D eigenvalue weighted by atomic mass is 9.72. The molecule has 4 heteroatoms. The molecule has 3 aliphatic heterocycles. The van der Waals surface area contributed by atoms with Gasteiger partial charge in [0, 0.05) is 21.6 Å². The van der Waals surface area contributed by atoms with Gasteiger partial charge in [-0.3, -0.25) is 8.42 Å². The Bertz CT molecular complexity index is 507. The molecule has 3 heterocycles. The first-order valence-electron chi connectivity index (χ1n) is 5.51. The molecule has 3 aliphatic rings. The second kappa shape index (κ2) is 2.61. The second-order valence-corrected chi connectivity index (χ2v) is 9.82. The maximum atomic E-state index is 12.6. The smallest absolute Gasteiger partial charge is 0.0797 e. The molecule has 6 unspecified atom stereocenters. The molecule has 88 valence electrons. The van der Waals surface area contributed by atoms with Crippen LogP contribution in [-0.4, -0.2) is 22.7 Å². The Morgan fingerprint density at radius 2 is 1.81 bits per heavy atom. The summed E-state index contributed by atoms with van der Waals surface area (Å²) in [5, 5.41) is 0. The van der Waals surface area contributed by atoms with E-state index in [0.717, 1.165) is 4.91 Å². The largest absolute Gasteiger partial charge is 0.258 e. The van der Waals surface area contributed by atoms with Crippen LogP contribution >= 0.6 is 0 Å². The lowest BCUT2D eigenvalue weighted by molar-refractivity contribution is 0.401. The zero-order valence-corrected chi connectivity index (χ0v) is 11.6. The molecule has 2 bridgehead atoms. The van der Waals surface area contributed by atoms with E-state index in [1.54, 1.807) is 0 Å². The minimum Gasteiger partial charge on any atom is -0.258 e. The van der Waals surface area contributed by atoms with E-state index in [0.29, 0.717) is 0 Å². The number of hydrogen-bond donors (Lipinski definition) is 0. The minimum atomic E-state index is -1.01. The van der Waals surface area contributed by atoms with Crippen molar-refractivity contribution in [2.45, 2.75) is 41.9 Å². The van der Waals surface area contributed by atoms with Crippen LogP contribution in [0.15, 0.2) is 23.1 Å². The van der Waals surface area contributed by atoms with Crippen LogP contribution in [0.2, 0.25) is 0 Å². The van der Waals surface area contributed by atoms with E-state index in [2.05, 4.69) is 12.2 Å². The van der Waals surface area contributed by atoms with Crippen LogP contribution < -0.4 is 0 Å². The van der Waals surface area contributed by atoms with Gasteiger partial charge in [-0.1, -0.05) is 18.2 Å². The SMILES string of the molecule is CC1=CC2C3(C)C=CC(C)(S3=O)C2(C)S1=O. The fourth-order valence-electron chi connectivity index (χ4n) is 3.58. The fraction of sp³-hybridized carbons (Fsp3) is 0.667. The molecule has 1 fully saturated rings. The third kappa shape index (κ3) is 0.778. The van der Waals surface area contributed by atoms with Gasteiger partial charge >= 0.3 is 0 Å². The maximum absolute atomic E-state index is 12.6. The van der Waals surface area contributed by atoms with Gasteiger partial charge in [0.2, 0.25) is 0 Å². The van der Waals surface area contributed by atoms with Gasteiger partial charge in [0.05, 0.1) is 25.0 Å². The highest BCUT2D eigenvalue weighted by atomic mass is 32.2. The maximum Gasteiger partial charge on any atom is 0.0797 e. The molecular formula is C12H16O2S2. The van der Waals surface area contributed by atoms with Gasteiger partial charge in [0.1, 0.15) is 0 Å². The zero-order valence-electron chi connectivity index (χ0n) is 9.94. The number of allylic oxidation sites excluding steroid dienone is 2. The molecule has 0 spiro atoms. The molecule has 6 atom stereocenters. The molecule has 0 radical (unpaired) electrons. The molecule has 0 N–H and O–H groups in total. The molecule has 2 nitrogen and oxygen atoms in total.